The largest absolute Gasteiger partial charge is 0.393 e. The number of nitrogens with one attached hydrogen (secondary N) is 1. The van der Waals surface area contributed by atoms with Gasteiger partial charge in [-0.25, -0.2) is 0 Å². The van der Waals surface area contributed by atoms with Crippen molar-refractivity contribution < 1.29 is 5.11 Å². The summed E-state index contributed by atoms with van der Waals surface area (Å²) in [5.41, 5.74) is 0. The molecule has 0 atom stereocenters. The minimum absolute atomic E-state index is 0.00566. The van der Waals surface area contributed by atoms with Gasteiger partial charge in [-0.1, -0.05) is 6.42 Å². The standard InChI is InChI=1S/C9H17NO/c11-9-4-8(5-9)10-6-7-2-1-3-7/h7-11H,1-6H2. The van der Waals surface area contributed by atoms with Crippen molar-refractivity contribution in [3.63, 3.8) is 0 Å². The highest BCUT2D eigenvalue weighted by Gasteiger charge is 2.27. The average molecular weight is 155 g/mol. The highest BCUT2D eigenvalue weighted by atomic mass is 16.3. The summed E-state index contributed by atoms with van der Waals surface area (Å²) in [7, 11) is 0. The van der Waals surface area contributed by atoms with Crippen molar-refractivity contribution in [3.05, 3.63) is 0 Å². The molecule has 2 heteroatoms. The minimum atomic E-state index is -0.00566. The molecule has 0 spiro atoms. The molecule has 2 nitrogen and oxygen atoms in total. The molecular weight excluding hydrogens is 138 g/mol. The molecule has 2 aliphatic carbocycles. The Morgan fingerprint density at radius 3 is 2.45 bits per heavy atom. The Bertz CT molecular complexity index is 128. The molecular formula is C9H17NO. The fraction of sp³-hybridized carbons (Fsp3) is 1.00. The SMILES string of the molecule is OC1CC(NCC2CCC2)C1. The second kappa shape index (κ2) is 3.11. The van der Waals surface area contributed by atoms with Gasteiger partial charge in [-0.15, -0.1) is 0 Å². The predicted molar refractivity (Wildman–Crippen MR) is 44.4 cm³/mol. The van der Waals surface area contributed by atoms with Crippen molar-refractivity contribution >= 4 is 0 Å². The van der Waals surface area contributed by atoms with E-state index in [0.717, 1.165) is 18.8 Å². The smallest absolute Gasteiger partial charge is 0.0570 e. The lowest BCUT2D eigenvalue weighted by molar-refractivity contribution is 0.0590. The van der Waals surface area contributed by atoms with Crippen LogP contribution in [0.25, 0.3) is 0 Å². The van der Waals surface area contributed by atoms with Gasteiger partial charge in [0.1, 0.15) is 0 Å². The van der Waals surface area contributed by atoms with Gasteiger partial charge in [0.05, 0.1) is 6.10 Å². The Labute approximate surface area is 68.0 Å². The van der Waals surface area contributed by atoms with Gasteiger partial charge in [-0.3, -0.25) is 0 Å². The molecule has 2 N–H and O–H groups in total. The van der Waals surface area contributed by atoms with Gasteiger partial charge in [0.15, 0.2) is 0 Å². The van der Waals surface area contributed by atoms with Crippen LogP contribution >= 0.6 is 0 Å². The summed E-state index contributed by atoms with van der Waals surface area (Å²) in [6.07, 6.45) is 6.22. The van der Waals surface area contributed by atoms with Gasteiger partial charge in [-0.2, -0.15) is 0 Å². The van der Waals surface area contributed by atoms with Crippen molar-refractivity contribution in [1.82, 2.24) is 5.32 Å². The first-order chi connectivity index (χ1) is 5.34. The van der Waals surface area contributed by atoms with Crippen molar-refractivity contribution in [3.8, 4) is 0 Å². The van der Waals surface area contributed by atoms with Gasteiger partial charge in [-0.05, 0) is 38.1 Å². The summed E-state index contributed by atoms with van der Waals surface area (Å²) >= 11 is 0. The van der Waals surface area contributed by atoms with E-state index < -0.39 is 0 Å². The highest BCUT2D eigenvalue weighted by molar-refractivity contribution is 4.85. The molecule has 0 radical (unpaired) electrons. The third kappa shape index (κ3) is 1.74. The van der Waals surface area contributed by atoms with Crippen LogP contribution < -0.4 is 5.32 Å². The first-order valence-corrected chi connectivity index (χ1v) is 4.76. The topological polar surface area (TPSA) is 32.3 Å². The average Bonchev–Trinajstić information content (AvgIpc) is 1.80. The Morgan fingerprint density at radius 2 is 2.00 bits per heavy atom. The van der Waals surface area contributed by atoms with E-state index in [4.69, 9.17) is 5.11 Å². The Balaban J connectivity index is 1.53. The van der Waals surface area contributed by atoms with Crippen LogP contribution in [0.3, 0.4) is 0 Å². The van der Waals surface area contributed by atoms with Gasteiger partial charge in [0.25, 0.3) is 0 Å². The second-order valence-corrected chi connectivity index (χ2v) is 4.03. The van der Waals surface area contributed by atoms with Crippen LogP contribution in [0.2, 0.25) is 0 Å². The van der Waals surface area contributed by atoms with Crippen LogP contribution in [0.15, 0.2) is 0 Å². The van der Waals surface area contributed by atoms with Crippen LogP contribution in [0, 0.1) is 5.92 Å². The molecule has 0 amide bonds. The molecule has 2 aliphatic rings. The van der Waals surface area contributed by atoms with Crippen LogP contribution in [0.4, 0.5) is 0 Å². The van der Waals surface area contributed by atoms with E-state index in [1.54, 1.807) is 0 Å². The summed E-state index contributed by atoms with van der Waals surface area (Å²) in [6, 6.07) is 0.630. The normalized spacial score (nSPS) is 37.9. The molecule has 0 bridgehead atoms. The molecule has 0 unspecified atom stereocenters. The number of hydrogen-bond acceptors (Lipinski definition) is 2. The molecule has 0 aromatic carbocycles. The molecule has 0 saturated heterocycles. The predicted octanol–water partition coefficient (Wildman–Crippen LogP) is 0.899. The third-order valence-electron chi connectivity index (χ3n) is 3.03. The van der Waals surface area contributed by atoms with E-state index in [9.17, 15) is 0 Å². The zero-order valence-electron chi connectivity index (χ0n) is 6.92. The molecule has 11 heavy (non-hydrogen) atoms. The fourth-order valence-electron chi connectivity index (χ4n) is 1.78. The number of aliphatic hydroxyl groups is 1. The molecule has 0 aliphatic heterocycles. The van der Waals surface area contributed by atoms with E-state index in [0.29, 0.717) is 6.04 Å². The zero-order valence-corrected chi connectivity index (χ0v) is 6.92. The monoisotopic (exact) mass is 155 g/mol. The van der Waals surface area contributed by atoms with Crippen molar-refractivity contribution in [1.29, 1.82) is 0 Å². The van der Waals surface area contributed by atoms with Crippen LogP contribution in [0.5, 0.6) is 0 Å². The van der Waals surface area contributed by atoms with Crippen LogP contribution in [-0.4, -0.2) is 23.8 Å². The summed E-state index contributed by atoms with van der Waals surface area (Å²) in [5, 5.41) is 12.5. The Kier molecular flexibility index (Phi) is 2.14. The highest BCUT2D eigenvalue weighted by Crippen LogP contribution is 2.26. The van der Waals surface area contributed by atoms with Crippen molar-refractivity contribution in [2.75, 3.05) is 6.54 Å². The molecule has 0 aromatic heterocycles. The molecule has 64 valence electrons. The molecule has 0 heterocycles. The van der Waals surface area contributed by atoms with Gasteiger partial charge in [0.2, 0.25) is 0 Å². The lowest BCUT2D eigenvalue weighted by Crippen LogP contribution is -2.46. The number of rotatable bonds is 3. The molecule has 0 aromatic rings. The molecule has 2 fully saturated rings. The maximum atomic E-state index is 9.01. The van der Waals surface area contributed by atoms with Gasteiger partial charge in [0, 0.05) is 6.04 Å². The minimum Gasteiger partial charge on any atom is -0.393 e. The molecule has 2 saturated carbocycles. The maximum absolute atomic E-state index is 9.01. The van der Waals surface area contributed by atoms with Crippen LogP contribution in [-0.2, 0) is 0 Å². The van der Waals surface area contributed by atoms with E-state index >= 15 is 0 Å². The summed E-state index contributed by atoms with van der Waals surface area (Å²) in [4.78, 5) is 0. The zero-order chi connectivity index (χ0) is 7.68. The third-order valence-corrected chi connectivity index (χ3v) is 3.03. The van der Waals surface area contributed by atoms with E-state index in [1.165, 1.54) is 25.8 Å². The fourth-order valence-corrected chi connectivity index (χ4v) is 1.78. The first-order valence-electron chi connectivity index (χ1n) is 4.76. The number of aliphatic hydroxyl groups excluding tert-OH is 1. The van der Waals surface area contributed by atoms with Gasteiger partial charge >= 0.3 is 0 Å². The van der Waals surface area contributed by atoms with Gasteiger partial charge < -0.3 is 10.4 Å². The maximum Gasteiger partial charge on any atom is 0.0570 e. The van der Waals surface area contributed by atoms with E-state index in [-0.39, 0.29) is 6.10 Å². The second-order valence-electron chi connectivity index (χ2n) is 4.03. The van der Waals surface area contributed by atoms with E-state index in [1.807, 2.05) is 0 Å². The quantitative estimate of drug-likeness (QED) is 0.634. The van der Waals surface area contributed by atoms with Crippen molar-refractivity contribution in [2.24, 2.45) is 5.92 Å². The first kappa shape index (κ1) is 7.56. The lowest BCUT2D eigenvalue weighted by Gasteiger charge is -2.35. The summed E-state index contributed by atoms with van der Waals surface area (Å²) in [6.45, 7) is 1.19. The number of hydrogen-bond donors (Lipinski definition) is 2. The summed E-state index contributed by atoms with van der Waals surface area (Å²) in [5.74, 6) is 0.952. The summed E-state index contributed by atoms with van der Waals surface area (Å²) < 4.78 is 0. The van der Waals surface area contributed by atoms with Crippen molar-refractivity contribution in [2.45, 2.75) is 44.2 Å². The Hall–Kier alpha value is -0.0800. The van der Waals surface area contributed by atoms with Crippen LogP contribution in [0.1, 0.15) is 32.1 Å². The van der Waals surface area contributed by atoms with E-state index in [2.05, 4.69) is 5.32 Å². The Morgan fingerprint density at radius 1 is 1.27 bits per heavy atom. The lowest BCUT2D eigenvalue weighted by atomic mass is 9.84. The molecule has 2 rings (SSSR count).